The lowest BCUT2D eigenvalue weighted by atomic mass is 9.86. The first-order chi connectivity index (χ1) is 14.6. The third kappa shape index (κ3) is 3.33. The second-order valence-electron chi connectivity index (χ2n) is 7.68. The van der Waals surface area contributed by atoms with E-state index < -0.39 is 0 Å². The van der Waals surface area contributed by atoms with Crippen molar-refractivity contribution in [2.75, 3.05) is 0 Å². The zero-order valence-electron chi connectivity index (χ0n) is 16.5. The molecule has 0 unspecified atom stereocenters. The Kier molecular flexibility index (Phi) is 4.72. The molecule has 0 bridgehead atoms. The maximum atomic E-state index is 12.8. The fourth-order valence-corrected chi connectivity index (χ4v) is 4.26. The summed E-state index contributed by atoms with van der Waals surface area (Å²) in [7, 11) is 0. The van der Waals surface area contributed by atoms with Gasteiger partial charge in [0.05, 0.1) is 17.0 Å². The zero-order chi connectivity index (χ0) is 20.7. The predicted molar refractivity (Wildman–Crippen MR) is 120 cm³/mol. The largest absolute Gasteiger partial charge is 0.294 e. The minimum absolute atomic E-state index is 0.120. The molecule has 4 aromatic rings. The average molecular weight is 414 g/mol. The van der Waals surface area contributed by atoms with Crippen LogP contribution in [0.2, 0.25) is 5.02 Å². The highest BCUT2D eigenvalue weighted by Gasteiger charge is 2.28. The first kappa shape index (κ1) is 18.8. The molecule has 0 radical (unpaired) electrons. The van der Waals surface area contributed by atoms with Crippen molar-refractivity contribution in [2.24, 2.45) is 5.92 Å². The molecule has 0 saturated heterocycles. The van der Waals surface area contributed by atoms with Crippen LogP contribution in [0.15, 0.2) is 66.9 Å². The molecular formula is C25H20ClN3O. The fourth-order valence-electron chi connectivity index (χ4n) is 4.14. The monoisotopic (exact) mass is 413 g/mol. The summed E-state index contributed by atoms with van der Waals surface area (Å²) in [4.78, 5) is 17.4. The summed E-state index contributed by atoms with van der Waals surface area (Å²) in [6, 6.07) is 17.8. The Hall–Kier alpha value is -3.24. The number of aromatic nitrogens is 3. The number of halogens is 1. The van der Waals surface area contributed by atoms with Crippen LogP contribution in [0.3, 0.4) is 0 Å². The Morgan fingerprint density at radius 2 is 1.83 bits per heavy atom. The van der Waals surface area contributed by atoms with Gasteiger partial charge in [0.15, 0.2) is 11.4 Å². The molecule has 148 valence electrons. The number of rotatable bonds is 3. The number of Topliss-reactive ketones (excluding diaryl/α,β-unsaturated/α-hetero) is 1. The van der Waals surface area contributed by atoms with Gasteiger partial charge >= 0.3 is 0 Å². The van der Waals surface area contributed by atoms with Gasteiger partial charge < -0.3 is 0 Å². The molecule has 2 aromatic carbocycles. The summed E-state index contributed by atoms with van der Waals surface area (Å²) < 4.78 is 1.86. The molecule has 1 atom stereocenters. The second-order valence-corrected chi connectivity index (χ2v) is 8.12. The number of benzene rings is 2. The van der Waals surface area contributed by atoms with Gasteiger partial charge in [-0.3, -0.25) is 4.79 Å². The van der Waals surface area contributed by atoms with Crippen molar-refractivity contribution in [2.45, 2.75) is 19.8 Å². The summed E-state index contributed by atoms with van der Waals surface area (Å²) in [6.07, 6.45) is 7.19. The summed E-state index contributed by atoms with van der Waals surface area (Å²) >= 11 is 6.05. The van der Waals surface area contributed by atoms with Gasteiger partial charge in [-0.2, -0.15) is 5.10 Å². The van der Waals surface area contributed by atoms with Crippen molar-refractivity contribution in [1.29, 1.82) is 0 Å². The van der Waals surface area contributed by atoms with Crippen LogP contribution >= 0.6 is 11.6 Å². The normalized spacial score (nSPS) is 16.3. The first-order valence-corrected chi connectivity index (χ1v) is 10.4. The van der Waals surface area contributed by atoms with Crippen LogP contribution in [0, 0.1) is 12.8 Å². The highest BCUT2D eigenvalue weighted by molar-refractivity contribution is 6.30. The molecule has 4 nitrogen and oxygen atoms in total. The van der Waals surface area contributed by atoms with E-state index in [4.69, 9.17) is 16.7 Å². The van der Waals surface area contributed by atoms with Crippen molar-refractivity contribution in [3.8, 4) is 11.1 Å². The first-order valence-electron chi connectivity index (χ1n) is 10.00. The summed E-state index contributed by atoms with van der Waals surface area (Å²) in [6.45, 7) is 1.97. The van der Waals surface area contributed by atoms with E-state index in [2.05, 4.69) is 29.3 Å². The summed E-state index contributed by atoms with van der Waals surface area (Å²) in [5, 5.41) is 5.45. The van der Waals surface area contributed by atoms with Crippen LogP contribution in [-0.4, -0.2) is 20.4 Å². The minimum Gasteiger partial charge on any atom is -0.294 e. The number of allylic oxidation sites excluding steroid dienone is 1. The van der Waals surface area contributed by atoms with Crippen molar-refractivity contribution in [3.05, 3.63) is 94.4 Å². The SMILES string of the molecule is Cc1nn2c3c(cnc2c1-c1ccc(Cl)cc1)C(=O)C[C@@H](/C=C/c1ccccc1)C3. The van der Waals surface area contributed by atoms with Gasteiger partial charge in [-0.15, -0.1) is 0 Å². The third-order valence-corrected chi connectivity index (χ3v) is 5.87. The number of carbonyl (C=O) groups excluding carboxylic acids is 1. The summed E-state index contributed by atoms with van der Waals surface area (Å²) in [5.41, 5.74) is 6.39. The van der Waals surface area contributed by atoms with Crippen LogP contribution in [-0.2, 0) is 6.42 Å². The van der Waals surface area contributed by atoms with Crippen LogP contribution in [0.5, 0.6) is 0 Å². The number of hydrogen-bond donors (Lipinski definition) is 0. The Bertz CT molecular complexity index is 1270. The predicted octanol–water partition coefficient (Wildman–Crippen LogP) is 5.82. The lowest BCUT2D eigenvalue weighted by Crippen LogP contribution is -2.22. The van der Waals surface area contributed by atoms with Crippen molar-refractivity contribution < 1.29 is 4.79 Å². The molecule has 0 fully saturated rings. The van der Waals surface area contributed by atoms with Crippen molar-refractivity contribution >= 4 is 29.1 Å². The van der Waals surface area contributed by atoms with Gasteiger partial charge in [-0.05, 0) is 42.5 Å². The maximum Gasteiger partial charge on any atom is 0.166 e. The number of hydrogen-bond acceptors (Lipinski definition) is 3. The Morgan fingerprint density at radius 1 is 1.07 bits per heavy atom. The van der Waals surface area contributed by atoms with E-state index in [1.54, 1.807) is 6.20 Å². The molecular weight excluding hydrogens is 394 g/mol. The Balaban J connectivity index is 1.56. The lowest BCUT2D eigenvalue weighted by molar-refractivity contribution is 0.0957. The minimum atomic E-state index is 0.120. The molecule has 2 heterocycles. The van der Waals surface area contributed by atoms with Gasteiger partial charge in [-0.25, -0.2) is 9.50 Å². The number of carbonyl (C=O) groups is 1. The smallest absolute Gasteiger partial charge is 0.166 e. The van der Waals surface area contributed by atoms with Crippen LogP contribution in [0.25, 0.3) is 22.9 Å². The molecule has 1 aliphatic carbocycles. The molecule has 5 rings (SSSR count). The second kappa shape index (κ2) is 7.54. The molecule has 0 amide bonds. The Labute approximate surface area is 179 Å². The van der Waals surface area contributed by atoms with Gasteiger partial charge in [0.25, 0.3) is 0 Å². The zero-order valence-corrected chi connectivity index (χ0v) is 17.3. The van der Waals surface area contributed by atoms with E-state index in [-0.39, 0.29) is 11.7 Å². The topological polar surface area (TPSA) is 47.3 Å². The molecule has 2 aromatic heterocycles. The summed E-state index contributed by atoms with van der Waals surface area (Å²) in [5.74, 6) is 0.258. The molecule has 0 aliphatic heterocycles. The fraction of sp³-hybridized carbons (Fsp3) is 0.160. The standard InChI is InChI=1S/C25H20ClN3O/c1-16-24(19-9-11-20(26)12-10-19)25-27-15-21-22(29(25)28-16)13-18(14-23(21)30)8-7-17-5-3-2-4-6-17/h2-12,15,18H,13-14H2,1H3/b8-7+/t18-/m0/s1. The number of aryl methyl sites for hydroxylation is 1. The number of ketones is 1. The molecule has 0 spiro atoms. The highest BCUT2D eigenvalue weighted by atomic mass is 35.5. The van der Waals surface area contributed by atoms with E-state index >= 15 is 0 Å². The van der Waals surface area contributed by atoms with Crippen molar-refractivity contribution in [1.82, 2.24) is 14.6 Å². The van der Waals surface area contributed by atoms with Gasteiger partial charge in [0, 0.05) is 23.2 Å². The molecule has 1 aliphatic rings. The van der Waals surface area contributed by atoms with Gasteiger partial charge in [-0.1, -0.05) is 66.2 Å². The van der Waals surface area contributed by atoms with E-state index in [0.29, 0.717) is 17.0 Å². The molecule has 5 heteroatoms. The maximum absolute atomic E-state index is 12.8. The quantitative estimate of drug-likeness (QED) is 0.425. The molecule has 0 N–H and O–H groups in total. The van der Waals surface area contributed by atoms with E-state index in [1.165, 1.54) is 0 Å². The number of nitrogens with zero attached hydrogens (tertiary/aromatic N) is 3. The third-order valence-electron chi connectivity index (χ3n) is 5.62. The highest BCUT2D eigenvalue weighted by Crippen LogP contribution is 2.32. The lowest BCUT2D eigenvalue weighted by Gasteiger charge is -2.21. The van der Waals surface area contributed by atoms with Crippen molar-refractivity contribution in [3.63, 3.8) is 0 Å². The van der Waals surface area contributed by atoms with Crippen LogP contribution in [0.4, 0.5) is 0 Å². The van der Waals surface area contributed by atoms with E-state index in [0.717, 1.165) is 40.1 Å². The average Bonchev–Trinajstić information content (AvgIpc) is 3.10. The van der Waals surface area contributed by atoms with E-state index in [1.807, 2.05) is 53.9 Å². The van der Waals surface area contributed by atoms with E-state index in [9.17, 15) is 4.79 Å². The Morgan fingerprint density at radius 3 is 2.60 bits per heavy atom. The molecule has 30 heavy (non-hydrogen) atoms. The molecule has 0 saturated carbocycles. The van der Waals surface area contributed by atoms with Crippen LogP contribution < -0.4 is 0 Å². The van der Waals surface area contributed by atoms with Gasteiger partial charge in [0.1, 0.15) is 0 Å². The van der Waals surface area contributed by atoms with Crippen LogP contribution in [0.1, 0.15) is 33.7 Å². The van der Waals surface area contributed by atoms with Gasteiger partial charge in [0.2, 0.25) is 0 Å². The number of fused-ring (bicyclic) bond motifs is 3.